The predicted molar refractivity (Wildman–Crippen MR) is 48.3 cm³/mol. The molecule has 2 rings (SSSR count). The van der Waals surface area contributed by atoms with Gasteiger partial charge in [0.25, 0.3) is 0 Å². The van der Waals surface area contributed by atoms with Crippen molar-refractivity contribution in [1.29, 1.82) is 0 Å². The summed E-state index contributed by atoms with van der Waals surface area (Å²) in [6.45, 7) is 0. The van der Waals surface area contributed by atoms with Gasteiger partial charge in [0.1, 0.15) is 12.1 Å². The Labute approximate surface area is 83.8 Å². The second kappa shape index (κ2) is 3.49. The average molecular weight is 207 g/mol. The molecule has 6 heteroatoms. The molecule has 0 fully saturated rings. The Morgan fingerprint density at radius 3 is 2.93 bits per heavy atom. The quantitative estimate of drug-likeness (QED) is 0.749. The molecule has 76 valence electrons. The molecule has 15 heavy (non-hydrogen) atoms. The third kappa shape index (κ3) is 1.69. The molecule has 1 N–H and O–H groups in total. The van der Waals surface area contributed by atoms with Crippen molar-refractivity contribution in [3.05, 3.63) is 42.4 Å². The van der Waals surface area contributed by atoms with Crippen LogP contribution < -0.4 is 0 Å². The zero-order chi connectivity index (χ0) is 10.8. The molecule has 0 spiro atoms. The SMILES string of the molecule is O=C(O)c1cncn1-c1cccc(F)n1. The standard InChI is InChI=1S/C9H6FN3O2/c10-7-2-1-3-8(12-7)13-5-11-4-6(13)9(14)15/h1-5H,(H,14,15). The Hall–Kier alpha value is -2.24. The molecule has 0 amide bonds. The van der Waals surface area contributed by atoms with Gasteiger partial charge in [0.05, 0.1) is 6.20 Å². The van der Waals surface area contributed by atoms with Gasteiger partial charge in [-0.2, -0.15) is 4.39 Å². The number of rotatable bonds is 2. The Kier molecular flexibility index (Phi) is 2.17. The van der Waals surface area contributed by atoms with E-state index in [2.05, 4.69) is 9.97 Å². The Balaban J connectivity index is 2.54. The smallest absolute Gasteiger partial charge is 0.354 e. The minimum Gasteiger partial charge on any atom is -0.477 e. The van der Waals surface area contributed by atoms with Crippen molar-refractivity contribution in [2.24, 2.45) is 0 Å². The van der Waals surface area contributed by atoms with E-state index in [0.29, 0.717) is 0 Å². The highest BCUT2D eigenvalue weighted by Crippen LogP contribution is 2.08. The monoisotopic (exact) mass is 207 g/mol. The van der Waals surface area contributed by atoms with Crippen molar-refractivity contribution in [3.8, 4) is 5.82 Å². The van der Waals surface area contributed by atoms with E-state index in [4.69, 9.17) is 5.11 Å². The molecule has 0 unspecified atom stereocenters. The van der Waals surface area contributed by atoms with Crippen LogP contribution in [0.3, 0.4) is 0 Å². The predicted octanol–water partition coefficient (Wildman–Crippen LogP) is 1.10. The lowest BCUT2D eigenvalue weighted by atomic mass is 10.4. The van der Waals surface area contributed by atoms with Crippen molar-refractivity contribution in [3.63, 3.8) is 0 Å². The Morgan fingerprint density at radius 2 is 2.27 bits per heavy atom. The minimum absolute atomic E-state index is 0.0619. The van der Waals surface area contributed by atoms with E-state index in [9.17, 15) is 9.18 Å². The third-order valence-corrected chi connectivity index (χ3v) is 1.80. The second-order valence-electron chi connectivity index (χ2n) is 2.77. The lowest BCUT2D eigenvalue weighted by molar-refractivity contribution is 0.0688. The van der Waals surface area contributed by atoms with Crippen molar-refractivity contribution in [1.82, 2.24) is 14.5 Å². The zero-order valence-electron chi connectivity index (χ0n) is 7.46. The summed E-state index contributed by atoms with van der Waals surface area (Å²) < 4.78 is 14.0. The van der Waals surface area contributed by atoms with Gasteiger partial charge in [-0.3, -0.25) is 4.57 Å². The summed E-state index contributed by atoms with van der Waals surface area (Å²) in [5.74, 6) is -1.62. The van der Waals surface area contributed by atoms with Crippen LogP contribution in [0.2, 0.25) is 0 Å². The van der Waals surface area contributed by atoms with Gasteiger partial charge in [-0.15, -0.1) is 0 Å². The van der Waals surface area contributed by atoms with E-state index in [-0.39, 0.29) is 11.5 Å². The van der Waals surface area contributed by atoms with Gasteiger partial charge in [0, 0.05) is 0 Å². The van der Waals surface area contributed by atoms with Gasteiger partial charge in [-0.25, -0.2) is 14.8 Å². The number of carboxylic acid groups (broad SMARTS) is 1. The number of nitrogens with zero attached hydrogens (tertiary/aromatic N) is 3. The molecule has 0 aliphatic rings. The fourth-order valence-corrected chi connectivity index (χ4v) is 1.17. The van der Waals surface area contributed by atoms with E-state index < -0.39 is 11.9 Å². The summed E-state index contributed by atoms with van der Waals surface area (Å²) in [4.78, 5) is 18.0. The van der Waals surface area contributed by atoms with Crippen LogP contribution in [-0.4, -0.2) is 25.6 Å². The van der Waals surface area contributed by atoms with Gasteiger partial charge >= 0.3 is 5.97 Å². The van der Waals surface area contributed by atoms with E-state index >= 15 is 0 Å². The number of halogens is 1. The first kappa shape index (κ1) is 9.32. The maximum absolute atomic E-state index is 12.8. The van der Waals surface area contributed by atoms with Crippen LogP contribution in [0.25, 0.3) is 5.82 Å². The maximum atomic E-state index is 12.8. The van der Waals surface area contributed by atoms with Crippen molar-refractivity contribution in [2.75, 3.05) is 0 Å². The highest BCUT2D eigenvalue weighted by molar-refractivity contribution is 5.86. The first-order valence-electron chi connectivity index (χ1n) is 4.07. The van der Waals surface area contributed by atoms with Crippen molar-refractivity contribution < 1.29 is 14.3 Å². The number of aromatic nitrogens is 3. The van der Waals surface area contributed by atoms with Gasteiger partial charge in [-0.1, -0.05) is 6.07 Å². The summed E-state index contributed by atoms with van der Waals surface area (Å²) in [5.41, 5.74) is -0.0619. The summed E-state index contributed by atoms with van der Waals surface area (Å²) in [6, 6.07) is 4.13. The van der Waals surface area contributed by atoms with Crippen LogP contribution in [0.5, 0.6) is 0 Å². The molecule has 0 bridgehead atoms. The molecule has 5 nitrogen and oxygen atoms in total. The molecule has 0 aromatic carbocycles. The highest BCUT2D eigenvalue weighted by Gasteiger charge is 2.12. The molecular weight excluding hydrogens is 201 g/mol. The number of pyridine rings is 1. The average Bonchev–Trinajstić information content (AvgIpc) is 2.65. The first-order valence-corrected chi connectivity index (χ1v) is 4.07. The van der Waals surface area contributed by atoms with Crippen LogP contribution >= 0.6 is 0 Å². The molecule has 2 aromatic rings. The molecule has 0 saturated carbocycles. The van der Waals surface area contributed by atoms with E-state index in [1.165, 1.54) is 35.3 Å². The number of carbonyl (C=O) groups is 1. The summed E-state index contributed by atoms with van der Waals surface area (Å²) in [7, 11) is 0. The molecule has 0 aliphatic carbocycles. The molecule has 2 heterocycles. The molecular formula is C9H6FN3O2. The van der Waals surface area contributed by atoms with E-state index in [1.807, 2.05) is 0 Å². The van der Waals surface area contributed by atoms with Crippen LogP contribution in [0.1, 0.15) is 10.5 Å². The van der Waals surface area contributed by atoms with Crippen LogP contribution in [0.4, 0.5) is 4.39 Å². The molecule has 0 saturated heterocycles. The number of carboxylic acids is 1. The minimum atomic E-state index is -1.14. The zero-order valence-corrected chi connectivity index (χ0v) is 7.46. The lowest BCUT2D eigenvalue weighted by Gasteiger charge is -2.02. The fraction of sp³-hybridized carbons (Fsp3) is 0. The molecule has 2 aromatic heterocycles. The van der Waals surface area contributed by atoms with Gasteiger partial charge in [-0.05, 0) is 12.1 Å². The number of hydrogen-bond acceptors (Lipinski definition) is 3. The summed E-state index contributed by atoms with van der Waals surface area (Å²) >= 11 is 0. The molecule has 0 aliphatic heterocycles. The van der Waals surface area contributed by atoms with E-state index in [0.717, 1.165) is 0 Å². The number of imidazole rings is 1. The normalized spacial score (nSPS) is 10.2. The first-order chi connectivity index (χ1) is 7.18. The van der Waals surface area contributed by atoms with Crippen molar-refractivity contribution >= 4 is 5.97 Å². The van der Waals surface area contributed by atoms with Crippen LogP contribution in [0, 0.1) is 5.95 Å². The number of hydrogen-bond donors (Lipinski definition) is 1. The topological polar surface area (TPSA) is 68.0 Å². The maximum Gasteiger partial charge on any atom is 0.354 e. The van der Waals surface area contributed by atoms with Crippen LogP contribution in [-0.2, 0) is 0 Å². The van der Waals surface area contributed by atoms with E-state index in [1.54, 1.807) is 0 Å². The second-order valence-corrected chi connectivity index (χ2v) is 2.77. The molecule has 0 atom stereocenters. The third-order valence-electron chi connectivity index (χ3n) is 1.80. The fourth-order valence-electron chi connectivity index (χ4n) is 1.17. The van der Waals surface area contributed by atoms with Gasteiger partial charge in [0.2, 0.25) is 5.95 Å². The molecule has 0 radical (unpaired) electrons. The van der Waals surface area contributed by atoms with Gasteiger partial charge in [0.15, 0.2) is 5.69 Å². The van der Waals surface area contributed by atoms with Gasteiger partial charge < -0.3 is 5.11 Å². The lowest BCUT2D eigenvalue weighted by Crippen LogP contribution is -2.07. The largest absolute Gasteiger partial charge is 0.477 e. The van der Waals surface area contributed by atoms with Crippen LogP contribution in [0.15, 0.2) is 30.7 Å². The Bertz CT molecular complexity index is 510. The highest BCUT2D eigenvalue weighted by atomic mass is 19.1. The Morgan fingerprint density at radius 1 is 1.47 bits per heavy atom. The number of aromatic carboxylic acids is 1. The summed E-state index contributed by atoms with van der Waals surface area (Å²) in [6.07, 6.45) is 2.44. The van der Waals surface area contributed by atoms with Crippen molar-refractivity contribution in [2.45, 2.75) is 0 Å². The summed E-state index contributed by atoms with van der Waals surface area (Å²) in [5, 5.41) is 8.80.